The second-order valence-corrected chi connectivity index (χ2v) is 15.6. The van der Waals surface area contributed by atoms with Crippen molar-refractivity contribution in [3.63, 3.8) is 0 Å². The van der Waals surface area contributed by atoms with Crippen molar-refractivity contribution in [1.82, 2.24) is 15.1 Å². The first-order valence-corrected chi connectivity index (χ1v) is 20.6. The zero-order valence-electron chi connectivity index (χ0n) is 32.6. The highest BCUT2D eigenvalue weighted by atomic mass is 16.5. The van der Waals surface area contributed by atoms with Crippen LogP contribution in [0, 0.1) is 0 Å². The molecule has 0 radical (unpaired) electrons. The second-order valence-electron chi connectivity index (χ2n) is 15.6. The van der Waals surface area contributed by atoms with Crippen LogP contribution in [0.4, 0.5) is 5.69 Å². The molecular weight excluding hydrogens is 709 g/mol. The lowest BCUT2D eigenvalue weighted by atomic mass is 9.77. The summed E-state index contributed by atoms with van der Waals surface area (Å²) in [5.74, 6) is -0.963. The molecule has 3 heterocycles. The number of carbonyl (C=O) groups is 3. The molecule has 1 unspecified atom stereocenters. The van der Waals surface area contributed by atoms with Crippen LogP contribution in [0.2, 0.25) is 0 Å². The number of benzene rings is 5. The van der Waals surface area contributed by atoms with E-state index in [2.05, 4.69) is 21.2 Å². The molecule has 57 heavy (non-hydrogen) atoms. The summed E-state index contributed by atoms with van der Waals surface area (Å²) in [6.07, 6.45) is 6.20. The van der Waals surface area contributed by atoms with Crippen LogP contribution < -0.4 is 10.2 Å². The lowest BCUT2D eigenvalue weighted by Gasteiger charge is -2.41. The fourth-order valence-electron chi connectivity index (χ4n) is 9.19. The molecule has 0 aromatic heterocycles. The number of amides is 2. The van der Waals surface area contributed by atoms with Crippen LogP contribution in [0.1, 0.15) is 83.1 Å². The molecule has 0 spiro atoms. The summed E-state index contributed by atoms with van der Waals surface area (Å²) in [6, 6.07) is 45.0. The third-order valence-corrected chi connectivity index (χ3v) is 12.1. The second kappa shape index (κ2) is 17.6. The molecule has 5 aromatic carbocycles. The monoisotopic (exact) mass is 760 g/mol. The lowest BCUT2D eigenvalue weighted by Crippen LogP contribution is -2.48. The Morgan fingerprint density at radius 1 is 0.684 bits per heavy atom. The number of hydrogen-bond donors (Lipinski definition) is 1. The van der Waals surface area contributed by atoms with Crippen LogP contribution in [0.25, 0.3) is 0 Å². The van der Waals surface area contributed by atoms with E-state index in [-0.39, 0.29) is 37.8 Å². The molecule has 0 aliphatic carbocycles. The van der Waals surface area contributed by atoms with Crippen molar-refractivity contribution in [2.45, 2.75) is 75.7 Å². The molecule has 1 atom stereocenters. The topological polar surface area (TPSA) is 82.2 Å². The molecule has 3 aliphatic rings. The standard InChI is InChI=1S/C49H52N4O4/c54-46(50-49(38-19-8-2-9-20-38,39-21-10-3-11-22-39)40-23-12-4-13-24-40)28-27-45(48(56)57-36-37-17-6-1-7-18-37)53-35-43-42(47(53)55)25-16-26-44(43)52-33-29-41(30-34-52)51-31-14-5-15-32-51/h1-4,6-13,16-26,41,45H,5,14-15,27-36H2,(H,50,54). The van der Waals surface area contributed by atoms with Crippen molar-refractivity contribution in [1.29, 1.82) is 0 Å². The lowest BCUT2D eigenvalue weighted by molar-refractivity contribution is -0.151. The molecule has 3 aliphatic heterocycles. The highest BCUT2D eigenvalue weighted by Crippen LogP contribution is 2.38. The van der Waals surface area contributed by atoms with E-state index >= 15 is 0 Å². The van der Waals surface area contributed by atoms with Gasteiger partial charge in [-0.1, -0.05) is 134 Å². The smallest absolute Gasteiger partial charge is 0.329 e. The van der Waals surface area contributed by atoms with Gasteiger partial charge in [-0.15, -0.1) is 0 Å². The van der Waals surface area contributed by atoms with Crippen molar-refractivity contribution in [2.24, 2.45) is 0 Å². The number of fused-ring (bicyclic) bond motifs is 1. The van der Waals surface area contributed by atoms with Crippen LogP contribution >= 0.6 is 0 Å². The number of nitrogens with zero attached hydrogens (tertiary/aromatic N) is 3. The molecule has 0 saturated carbocycles. The van der Waals surface area contributed by atoms with Crippen molar-refractivity contribution in [3.8, 4) is 0 Å². The summed E-state index contributed by atoms with van der Waals surface area (Å²) >= 11 is 0. The van der Waals surface area contributed by atoms with Gasteiger partial charge in [0.15, 0.2) is 0 Å². The normalized spacial score (nSPS) is 16.9. The van der Waals surface area contributed by atoms with Crippen molar-refractivity contribution < 1.29 is 19.1 Å². The van der Waals surface area contributed by atoms with Gasteiger partial charge in [0.1, 0.15) is 18.2 Å². The van der Waals surface area contributed by atoms with Gasteiger partial charge in [-0.3, -0.25) is 9.59 Å². The van der Waals surface area contributed by atoms with Gasteiger partial charge >= 0.3 is 5.97 Å². The van der Waals surface area contributed by atoms with Gasteiger partial charge in [0, 0.05) is 48.9 Å². The maximum Gasteiger partial charge on any atom is 0.329 e. The number of anilines is 1. The van der Waals surface area contributed by atoms with Gasteiger partial charge in [0.25, 0.3) is 5.91 Å². The Morgan fingerprint density at radius 2 is 1.25 bits per heavy atom. The zero-order valence-corrected chi connectivity index (χ0v) is 32.6. The SMILES string of the molecule is O=C(CCC(C(=O)OCc1ccccc1)N1Cc2c(cccc2N2CCC(N3CCCCC3)CC2)C1=O)NC(c1ccccc1)(c1ccccc1)c1ccccc1. The Kier molecular flexibility index (Phi) is 11.8. The minimum absolute atomic E-state index is 0.00362. The van der Waals surface area contributed by atoms with Crippen LogP contribution in [-0.2, 0) is 33.0 Å². The van der Waals surface area contributed by atoms with Crippen molar-refractivity contribution in [3.05, 3.63) is 173 Å². The molecule has 2 amide bonds. The summed E-state index contributed by atoms with van der Waals surface area (Å²) in [5, 5.41) is 3.43. The van der Waals surface area contributed by atoms with Gasteiger partial charge < -0.3 is 24.8 Å². The summed E-state index contributed by atoms with van der Waals surface area (Å²) in [7, 11) is 0. The Morgan fingerprint density at radius 3 is 1.82 bits per heavy atom. The van der Waals surface area contributed by atoms with E-state index in [0.717, 1.165) is 59.4 Å². The van der Waals surface area contributed by atoms with Gasteiger partial charge in [0.05, 0.1) is 0 Å². The number of piperidine rings is 2. The number of hydrogen-bond acceptors (Lipinski definition) is 6. The number of carbonyl (C=O) groups excluding carboxylic acids is 3. The number of nitrogens with one attached hydrogen (secondary N) is 1. The van der Waals surface area contributed by atoms with E-state index in [9.17, 15) is 14.4 Å². The quantitative estimate of drug-likeness (QED) is 0.0966. The first kappa shape index (κ1) is 38.2. The minimum atomic E-state index is -1.000. The number of ether oxygens (including phenoxy) is 1. The fraction of sp³-hybridized carbons (Fsp3) is 0.327. The van der Waals surface area contributed by atoms with Crippen molar-refractivity contribution >= 4 is 23.5 Å². The molecule has 5 aromatic rings. The minimum Gasteiger partial charge on any atom is -0.459 e. The van der Waals surface area contributed by atoms with Crippen molar-refractivity contribution in [2.75, 3.05) is 31.1 Å². The maximum atomic E-state index is 14.4. The van der Waals surface area contributed by atoms with E-state index in [1.165, 1.54) is 32.4 Å². The van der Waals surface area contributed by atoms with Gasteiger partial charge in [0.2, 0.25) is 5.91 Å². The molecule has 8 rings (SSSR count). The molecule has 1 N–H and O–H groups in total. The predicted molar refractivity (Wildman–Crippen MR) is 224 cm³/mol. The molecule has 8 nitrogen and oxygen atoms in total. The largest absolute Gasteiger partial charge is 0.459 e. The maximum absolute atomic E-state index is 14.4. The van der Waals surface area contributed by atoms with Gasteiger partial charge in [-0.05, 0) is 79.6 Å². The molecule has 292 valence electrons. The first-order valence-electron chi connectivity index (χ1n) is 20.6. The highest BCUT2D eigenvalue weighted by Gasteiger charge is 2.41. The van der Waals surface area contributed by atoms with Gasteiger partial charge in [-0.2, -0.15) is 0 Å². The van der Waals surface area contributed by atoms with E-state index < -0.39 is 17.6 Å². The van der Waals surface area contributed by atoms with E-state index in [0.29, 0.717) is 11.6 Å². The average molecular weight is 761 g/mol. The summed E-state index contributed by atoms with van der Waals surface area (Å²) in [4.78, 5) is 49.7. The summed E-state index contributed by atoms with van der Waals surface area (Å²) < 4.78 is 5.93. The summed E-state index contributed by atoms with van der Waals surface area (Å²) in [5.41, 5.74) is 5.21. The fourth-order valence-corrected chi connectivity index (χ4v) is 9.19. The Bertz CT molecular complexity index is 2020. The third kappa shape index (κ3) is 8.23. The number of esters is 1. The molecule has 2 saturated heterocycles. The predicted octanol–water partition coefficient (Wildman–Crippen LogP) is 8.10. The third-order valence-electron chi connectivity index (χ3n) is 12.1. The van der Waals surface area contributed by atoms with E-state index in [1.807, 2.05) is 133 Å². The Hall–Kier alpha value is -5.73. The van der Waals surface area contributed by atoms with Crippen LogP contribution in [0.15, 0.2) is 140 Å². The van der Waals surface area contributed by atoms with Crippen LogP contribution in [-0.4, -0.2) is 65.8 Å². The average Bonchev–Trinajstić information content (AvgIpc) is 3.62. The molecule has 0 bridgehead atoms. The molecule has 8 heteroatoms. The van der Waals surface area contributed by atoms with E-state index in [1.54, 1.807) is 4.90 Å². The van der Waals surface area contributed by atoms with Crippen LogP contribution in [0.3, 0.4) is 0 Å². The highest BCUT2D eigenvalue weighted by molar-refractivity contribution is 6.02. The molecular formula is C49H52N4O4. The van der Waals surface area contributed by atoms with E-state index in [4.69, 9.17) is 4.74 Å². The Labute approximate surface area is 336 Å². The first-order chi connectivity index (χ1) is 28.0. The Balaban J connectivity index is 1.05. The molecule has 2 fully saturated rings. The summed E-state index contributed by atoms with van der Waals surface area (Å²) in [6.45, 7) is 4.61. The van der Waals surface area contributed by atoms with Crippen LogP contribution in [0.5, 0.6) is 0 Å². The van der Waals surface area contributed by atoms with Gasteiger partial charge in [-0.25, -0.2) is 4.79 Å². The number of likely N-dealkylation sites (tertiary alicyclic amines) is 1. The number of rotatable bonds is 13. The zero-order chi connectivity index (χ0) is 39.0.